The van der Waals surface area contributed by atoms with Gasteiger partial charge in [-0.2, -0.15) is 0 Å². The van der Waals surface area contributed by atoms with Gasteiger partial charge < -0.3 is 10.2 Å². The molecule has 0 amide bonds. The molecule has 0 aromatic carbocycles. The number of rotatable bonds is 8. The van der Waals surface area contributed by atoms with E-state index in [4.69, 9.17) is 0 Å². The van der Waals surface area contributed by atoms with Gasteiger partial charge in [-0.1, -0.05) is 27.7 Å². The summed E-state index contributed by atoms with van der Waals surface area (Å²) in [6.07, 6.45) is 8.20. The predicted octanol–water partition coefficient (Wildman–Crippen LogP) is 3.67. The molecule has 1 saturated carbocycles. The summed E-state index contributed by atoms with van der Waals surface area (Å²) in [5, 5.41) is 3.74. The smallest absolute Gasteiger partial charge is 0.00684 e. The molecular formula is C17H34N2. The van der Waals surface area contributed by atoms with Gasteiger partial charge in [-0.25, -0.2) is 0 Å². The summed E-state index contributed by atoms with van der Waals surface area (Å²) in [5.41, 5.74) is 1.08. The Bertz CT molecular complexity index is 281. The third-order valence-electron chi connectivity index (χ3n) is 5.87. The summed E-state index contributed by atoms with van der Waals surface area (Å²) >= 11 is 0. The number of hydrogen-bond acceptors (Lipinski definition) is 2. The Morgan fingerprint density at radius 3 is 2.37 bits per heavy atom. The highest BCUT2D eigenvalue weighted by Gasteiger charge is 2.37. The van der Waals surface area contributed by atoms with E-state index in [0.29, 0.717) is 10.8 Å². The summed E-state index contributed by atoms with van der Waals surface area (Å²) in [6.45, 7) is 14.7. The zero-order valence-corrected chi connectivity index (χ0v) is 13.6. The van der Waals surface area contributed by atoms with Gasteiger partial charge in [-0.3, -0.25) is 0 Å². The minimum atomic E-state index is 0.458. The minimum Gasteiger partial charge on any atom is -0.313 e. The first-order valence-electron chi connectivity index (χ1n) is 8.50. The van der Waals surface area contributed by atoms with Crippen molar-refractivity contribution in [1.82, 2.24) is 10.2 Å². The van der Waals surface area contributed by atoms with Gasteiger partial charge in [-0.05, 0) is 55.9 Å². The average Bonchev–Trinajstić information content (AvgIpc) is 3.18. The van der Waals surface area contributed by atoms with Crippen LogP contribution in [0, 0.1) is 10.8 Å². The predicted molar refractivity (Wildman–Crippen MR) is 83.5 cm³/mol. The molecule has 0 bridgehead atoms. The van der Waals surface area contributed by atoms with Crippen LogP contribution in [0.2, 0.25) is 0 Å². The highest BCUT2D eigenvalue weighted by atomic mass is 15.2. The lowest BCUT2D eigenvalue weighted by Gasteiger charge is -2.34. The number of nitrogens with zero attached hydrogens (tertiary/aromatic N) is 1. The van der Waals surface area contributed by atoms with Crippen LogP contribution in [0.5, 0.6) is 0 Å². The highest BCUT2D eigenvalue weighted by Crippen LogP contribution is 2.38. The van der Waals surface area contributed by atoms with E-state index >= 15 is 0 Å². The molecule has 0 aromatic heterocycles. The van der Waals surface area contributed by atoms with Gasteiger partial charge >= 0.3 is 0 Å². The lowest BCUT2D eigenvalue weighted by atomic mass is 9.81. The molecule has 2 nitrogen and oxygen atoms in total. The first-order valence-corrected chi connectivity index (χ1v) is 8.50. The van der Waals surface area contributed by atoms with Gasteiger partial charge in [-0.15, -0.1) is 0 Å². The Morgan fingerprint density at radius 2 is 1.89 bits per heavy atom. The maximum Gasteiger partial charge on any atom is 0.00684 e. The fourth-order valence-electron chi connectivity index (χ4n) is 3.50. The van der Waals surface area contributed by atoms with E-state index in [0.717, 1.165) is 6.04 Å². The maximum absolute atomic E-state index is 3.74. The van der Waals surface area contributed by atoms with Crippen LogP contribution >= 0.6 is 0 Å². The fourth-order valence-corrected chi connectivity index (χ4v) is 3.50. The van der Waals surface area contributed by atoms with Crippen molar-refractivity contribution in [3.8, 4) is 0 Å². The Hall–Kier alpha value is -0.0800. The molecule has 2 rings (SSSR count). The van der Waals surface area contributed by atoms with E-state index in [1.165, 1.54) is 64.7 Å². The second-order valence-corrected chi connectivity index (χ2v) is 7.49. The zero-order chi connectivity index (χ0) is 13.9. The van der Waals surface area contributed by atoms with E-state index in [1.807, 2.05) is 0 Å². The van der Waals surface area contributed by atoms with E-state index in [2.05, 4.69) is 37.9 Å². The van der Waals surface area contributed by atoms with Gasteiger partial charge in [0.05, 0.1) is 0 Å². The normalized spacial score (nSPS) is 26.5. The second-order valence-electron chi connectivity index (χ2n) is 7.49. The lowest BCUT2D eigenvalue weighted by molar-refractivity contribution is 0.158. The monoisotopic (exact) mass is 266 g/mol. The van der Waals surface area contributed by atoms with Crippen molar-refractivity contribution in [2.45, 2.75) is 72.3 Å². The third kappa shape index (κ3) is 3.95. The molecule has 1 heterocycles. The van der Waals surface area contributed by atoms with Crippen molar-refractivity contribution < 1.29 is 0 Å². The molecule has 112 valence electrons. The fraction of sp³-hybridized carbons (Fsp3) is 1.00. The van der Waals surface area contributed by atoms with E-state index in [1.54, 1.807) is 0 Å². The Kier molecular flexibility index (Phi) is 4.94. The van der Waals surface area contributed by atoms with Crippen LogP contribution in [0.4, 0.5) is 0 Å². The Morgan fingerprint density at radius 1 is 1.21 bits per heavy atom. The topological polar surface area (TPSA) is 15.3 Å². The SMILES string of the molecule is CCC(C)(CNC1CC1)CN1CCC(CC)(CC)C1. The third-order valence-corrected chi connectivity index (χ3v) is 5.87. The van der Waals surface area contributed by atoms with Gasteiger partial charge in [0.25, 0.3) is 0 Å². The van der Waals surface area contributed by atoms with Gasteiger partial charge in [0.1, 0.15) is 0 Å². The van der Waals surface area contributed by atoms with E-state index < -0.39 is 0 Å². The summed E-state index contributed by atoms with van der Waals surface area (Å²) in [6, 6.07) is 0.842. The highest BCUT2D eigenvalue weighted by molar-refractivity contribution is 4.92. The molecule has 0 aromatic rings. The van der Waals surface area contributed by atoms with E-state index in [9.17, 15) is 0 Å². The van der Waals surface area contributed by atoms with Crippen molar-refractivity contribution in [2.75, 3.05) is 26.2 Å². The number of likely N-dealkylation sites (tertiary alicyclic amines) is 1. The Balaban J connectivity index is 1.84. The van der Waals surface area contributed by atoms with Crippen LogP contribution in [-0.4, -0.2) is 37.1 Å². The van der Waals surface area contributed by atoms with Crippen molar-refractivity contribution in [1.29, 1.82) is 0 Å². The van der Waals surface area contributed by atoms with Crippen LogP contribution in [-0.2, 0) is 0 Å². The van der Waals surface area contributed by atoms with Gasteiger partial charge in [0.2, 0.25) is 0 Å². The lowest BCUT2D eigenvalue weighted by Crippen LogP contribution is -2.42. The molecule has 1 aliphatic heterocycles. The molecule has 1 aliphatic carbocycles. The molecule has 1 unspecified atom stereocenters. The Labute approximate surface area is 120 Å². The molecule has 2 fully saturated rings. The molecule has 1 atom stereocenters. The first kappa shape index (κ1) is 15.3. The largest absolute Gasteiger partial charge is 0.313 e. The van der Waals surface area contributed by atoms with Crippen molar-refractivity contribution in [2.24, 2.45) is 10.8 Å². The molecule has 1 saturated heterocycles. The minimum absolute atomic E-state index is 0.458. The molecule has 0 radical (unpaired) electrons. The summed E-state index contributed by atoms with van der Waals surface area (Å²) in [7, 11) is 0. The maximum atomic E-state index is 3.74. The molecular weight excluding hydrogens is 232 g/mol. The van der Waals surface area contributed by atoms with Crippen LogP contribution in [0.15, 0.2) is 0 Å². The molecule has 19 heavy (non-hydrogen) atoms. The standard InChI is InChI=1S/C17H34N2/c1-5-16(4,12-18-15-8-9-15)13-19-11-10-17(6-2,7-3)14-19/h15,18H,5-14H2,1-4H3. The van der Waals surface area contributed by atoms with Crippen LogP contribution in [0.25, 0.3) is 0 Å². The summed E-state index contributed by atoms with van der Waals surface area (Å²) in [4.78, 5) is 2.74. The van der Waals surface area contributed by atoms with Gasteiger partial charge in [0.15, 0.2) is 0 Å². The summed E-state index contributed by atoms with van der Waals surface area (Å²) < 4.78 is 0. The molecule has 0 spiro atoms. The number of hydrogen-bond donors (Lipinski definition) is 1. The first-order chi connectivity index (χ1) is 9.05. The van der Waals surface area contributed by atoms with Crippen LogP contribution < -0.4 is 5.32 Å². The summed E-state index contributed by atoms with van der Waals surface area (Å²) in [5.74, 6) is 0. The second kappa shape index (κ2) is 6.13. The molecule has 2 heteroatoms. The van der Waals surface area contributed by atoms with Crippen LogP contribution in [0.1, 0.15) is 66.2 Å². The average molecular weight is 266 g/mol. The quantitative estimate of drug-likeness (QED) is 0.721. The van der Waals surface area contributed by atoms with Crippen molar-refractivity contribution in [3.63, 3.8) is 0 Å². The number of nitrogens with one attached hydrogen (secondary N) is 1. The molecule has 1 N–H and O–H groups in total. The van der Waals surface area contributed by atoms with Crippen molar-refractivity contribution in [3.05, 3.63) is 0 Å². The zero-order valence-electron chi connectivity index (χ0n) is 13.6. The van der Waals surface area contributed by atoms with Crippen molar-refractivity contribution >= 4 is 0 Å². The van der Waals surface area contributed by atoms with Crippen LogP contribution in [0.3, 0.4) is 0 Å². The molecule has 2 aliphatic rings. The van der Waals surface area contributed by atoms with E-state index in [-0.39, 0.29) is 0 Å². The van der Waals surface area contributed by atoms with Gasteiger partial charge in [0, 0.05) is 25.7 Å².